The molecule has 0 N–H and O–H groups in total. The molecule has 2 atom stereocenters. The second-order valence-electron chi connectivity index (χ2n) is 6.85. The number of rotatable bonds is 0. The molecule has 0 saturated heterocycles. The Bertz CT molecular complexity index is 448. The van der Waals surface area contributed by atoms with Gasteiger partial charge in [-0.3, -0.25) is 4.79 Å². The summed E-state index contributed by atoms with van der Waals surface area (Å²) in [5, 5.41) is 18.8. The first kappa shape index (κ1) is 12.1. The zero-order chi connectivity index (χ0) is 13.1. The Morgan fingerprint density at radius 3 is 2.18 bits per heavy atom. The van der Waals surface area contributed by atoms with Crippen molar-refractivity contribution >= 4 is 5.78 Å². The molecule has 0 aliphatic heterocycles. The van der Waals surface area contributed by atoms with Gasteiger partial charge in [-0.1, -0.05) is 27.7 Å². The Hall–Kier alpha value is -1.35. The van der Waals surface area contributed by atoms with Gasteiger partial charge in [-0.2, -0.15) is 10.5 Å². The van der Waals surface area contributed by atoms with Crippen molar-refractivity contribution in [3.63, 3.8) is 0 Å². The lowest BCUT2D eigenvalue weighted by atomic mass is 9.35. The number of nitriles is 2. The van der Waals surface area contributed by atoms with Gasteiger partial charge >= 0.3 is 0 Å². The molecule has 0 aromatic heterocycles. The molecule has 0 unspecified atom stereocenters. The lowest BCUT2D eigenvalue weighted by Crippen LogP contribution is -2.67. The molecule has 0 amide bonds. The fourth-order valence-electron chi connectivity index (χ4n) is 4.01. The number of Topliss-reactive ketones (excluding diaryl/α,β-unsaturated/α-hetero) is 1. The zero-order valence-corrected chi connectivity index (χ0v) is 10.9. The molecular weight excluding hydrogens is 212 g/mol. The van der Waals surface area contributed by atoms with Gasteiger partial charge in [0.25, 0.3) is 0 Å². The van der Waals surface area contributed by atoms with E-state index in [1.165, 1.54) is 0 Å². The third-order valence-electron chi connectivity index (χ3n) is 4.88. The third kappa shape index (κ3) is 1.23. The third-order valence-corrected chi connectivity index (χ3v) is 4.88. The molecule has 0 spiro atoms. The lowest BCUT2D eigenvalue weighted by Gasteiger charge is -2.63. The normalized spacial score (nSPS) is 36.0. The number of hydrogen-bond acceptors (Lipinski definition) is 3. The highest BCUT2D eigenvalue weighted by molar-refractivity contribution is 5.86. The Morgan fingerprint density at radius 2 is 1.71 bits per heavy atom. The molecule has 2 saturated carbocycles. The monoisotopic (exact) mass is 230 g/mol. The predicted molar refractivity (Wildman–Crippen MR) is 62.4 cm³/mol. The van der Waals surface area contributed by atoms with Crippen molar-refractivity contribution in [1.29, 1.82) is 10.5 Å². The average molecular weight is 230 g/mol. The van der Waals surface area contributed by atoms with E-state index < -0.39 is 10.8 Å². The fraction of sp³-hybridized carbons (Fsp3) is 0.786. The van der Waals surface area contributed by atoms with E-state index in [9.17, 15) is 15.3 Å². The second kappa shape index (κ2) is 3.10. The standard InChI is InChI=1S/C14H18N2O/c1-12(2)5-9-11(10(17)6-12)13(3,4)14(9,7-15)8-16/h9,11H,5-6H2,1-4H3/t9-,11-/m1/s1. The maximum absolute atomic E-state index is 12.2. The van der Waals surface area contributed by atoms with Crippen LogP contribution >= 0.6 is 0 Å². The first-order chi connectivity index (χ1) is 7.72. The Balaban J connectivity index is 2.46. The Labute approximate surface area is 102 Å². The summed E-state index contributed by atoms with van der Waals surface area (Å²) in [5.41, 5.74) is -1.56. The zero-order valence-electron chi connectivity index (χ0n) is 10.9. The Kier molecular flexibility index (Phi) is 2.21. The number of nitrogens with zero attached hydrogens (tertiary/aromatic N) is 2. The van der Waals surface area contributed by atoms with Crippen molar-refractivity contribution in [3.05, 3.63) is 0 Å². The molecule has 2 aliphatic carbocycles. The van der Waals surface area contributed by atoms with E-state index in [-0.39, 0.29) is 23.0 Å². The second-order valence-corrected chi connectivity index (χ2v) is 6.85. The number of hydrogen-bond donors (Lipinski definition) is 0. The van der Waals surface area contributed by atoms with Crippen LogP contribution in [0.2, 0.25) is 0 Å². The van der Waals surface area contributed by atoms with Crippen molar-refractivity contribution in [2.75, 3.05) is 0 Å². The van der Waals surface area contributed by atoms with Gasteiger partial charge in [0, 0.05) is 23.7 Å². The van der Waals surface area contributed by atoms with E-state index in [2.05, 4.69) is 12.1 Å². The van der Waals surface area contributed by atoms with E-state index in [0.717, 1.165) is 6.42 Å². The van der Waals surface area contributed by atoms with Gasteiger partial charge in [0.05, 0.1) is 12.1 Å². The minimum atomic E-state index is -0.981. The summed E-state index contributed by atoms with van der Waals surface area (Å²) >= 11 is 0. The summed E-state index contributed by atoms with van der Waals surface area (Å²) in [4.78, 5) is 12.2. The molecule has 2 rings (SSSR count). The first-order valence-corrected chi connectivity index (χ1v) is 6.07. The summed E-state index contributed by atoms with van der Waals surface area (Å²) in [7, 11) is 0. The largest absolute Gasteiger partial charge is 0.299 e. The van der Waals surface area contributed by atoms with Crippen LogP contribution in [0.15, 0.2) is 0 Å². The van der Waals surface area contributed by atoms with Gasteiger partial charge in [0.2, 0.25) is 0 Å². The summed E-state index contributed by atoms with van der Waals surface area (Å²) < 4.78 is 0. The number of carbonyl (C=O) groups is 1. The molecule has 90 valence electrons. The Morgan fingerprint density at radius 1 is 1.18 bits per heavy atom. The summed E-state index contributed by atoms with van der Waals surface area (Å²) in [6, 6.07) is 4.40. The summed E-state index contributed by atoms with van der Waals surface area (Å²) in [6.07, 6.45) is 1.37. The van der Waals surface area contributed by atoms with Crippen molar-refractivity contribution in [2.45, 2.75) is 40.5 Å². The average Bonchev–Trinajstić information content (AvgIpc) is 2.16. The van der Waals surface area contributed by atoms with Gasteiger partial charge in [-0.05, 0) is 11.8 Å². The molecule has 3 nitrogen and oxygen atoms in total. The van der Waals surface area contributed by atoms with Crippen LogP contribution in [0, 0.1) is 50.7 Å². The highest BCUT2D eigenvalue weighted by atomic mass is 16.1. The van der Waals surface area contributed by atoms with Crippen LogP contribution in [-0.2, 0) is 4.79 Å². The molecule has 0 aromatic carbocycles. The smallest absolute Gasteiger partial charge is 0.153 e. The van der Waals surface area contributed by atoms with E-state index in [1.807, 2.05) is 27.7 Å². The van der Waals surface area contributed by atoms with Crippen LogP contribution in [0.25, 0.3) is 0 Å². The van der Waals surface area contributed by atoms with Gasteiger partial charge < -0.3 is 0 Å². The van der Waals surface area contributed by atoms with Gasteiger partial charge in [-0.25, -0.2) is 0 Å². The number of ketones is 1. The highest BCUT2D eigenvalue weighted by Gasteiger charge is 2.72. The molecule has 0 aromatic rings. The van der Waals surface area contributed by atoms with Crippen LogP contribution in [-0.4, -0.2) is 5.78 Å². The van der Waals surface area contributed by atoms with Gasteiger partial charge in [0.15, 0.2) is 5.41 Å². The van der Waals surface area contributed by atoms with Gasteiger partial charge in [0.1, 0.15) is 5.78 Å². The van der Waals surface area contributed by atoms with Crippen LogP contribution < -0.4 is 0 Å². The lowest BCUT2D eigenvalue weighted by molar-refractivity contribution is -0.176. The van der Waals surface area contributed by atoms with Crippen molar-refractivity contribution < 1.29 is 4.79 Å². The minimum absolute atomic E-state index is 0.0757. The molecular formula is C14H18N2O. The molecule has 0 radical (unpaired) electrons. The topological polar surface area (TPSA) is 64.7 Å². The maximum Gasteiger partial charge on any atom is 0.153 e. The van der Waals surface area contributed by atoms with E-state index in [4.69, 9.17) is 0 Å². The summed E-state index contributed by atoms with van der Waals surface area (Å²) in [6.45, 7) is 7.87. The van der Waals surface area contributed by atoms with Crippen molar-refractivity contribution in [3.8, 4) is 12.1 Å². The van der Waals surface area contributed by atoms with Crippen molar-refractivity contribution in [2.24, 2.45) is 28.1 Å². The van der Waals surface area contributed by atoms with Crippen LogP contribution in [0.3, 0.4) is 0 Å². The van der Waals surface area contributed by atoms with Crippen LogP contribution in [0.4, 0.5) is 0 Å². The molecule has 17 heavy (non-hydrogen) atoms. The summed E-state index contributed by atoms with van der Waals surface area (Å²) in [5.74, 6) is 0.0518. The van der Waals surface area contributed by atoms with Crippen LogP contribution in [0.1, 0.15) is 40.5 Å². The highest BCUT2D eigenvalue weighted by Crippen LogP contribution is 2.69. The van der Waals surface area contributed by atoms with E-state index in [0.29, 0.717) is 6.42 Å². The van der Waals surface area contributed by atoms with E-state index in [1.54, 1.807) is 0 Å². The molecule has 0 bridgehead atoms. The minimum Gasteiger partial charge on any atom is -0.299 e. The molecule has 3 heteroatoms. The van der Waals surface area contributed by atoms with E-state index >= 15 is 0 Å². The number of fused-ring (bicyclic) bond motifs is 1. The maximum atomic E-state index is 12.2. The van der Waals surface area contributed by atoms with Gasteiger partial charge in [-0.15, -0.1) is 0 Å². The SMILES string of the molecule is CC1(C)CC(=O)[C@H]2[C@@H](C1)C(C#N)(C#N)C2(C)C. The number of carbonyl (C=O) groups excluding carboxylic acids is 1. The molecule has 2 aliphatic rings. The van der Waals surface area contributed by atoms with Crippen LogP contribution in [0.5, 0.6) is 0 Å². The fourth-order valence-corrected chi connectivity index (χ4v) is 4.01. The molecule has 0 heterocycles. The predicted octanol–water partition coefficient (Wildman–Crippen LogP) is 2.68. The molecule has 2 fully saturated rings. The first-order valence-electron chi connectivity index (χ1n) is 6.07. The van der Waals surface area contributed by atoms with Crippen molar-refractivity contribution in [1.82, 2.24) is 0 Å². The quantitative estimate of drug-likeness (QED) is 0.642.